The van der Waals surface area contributed by atoms with Crippen molar-refractivity contribution >= 4 is 27.3 Å². The number of sulfone groups is 1. The summed E-state index contributed by atoms with van der Waals surface area (Å²) in [4.78, 5) is 21.8. The van der Waals surface area contributed by atoms with Crippen LogP contribution in [0.3, 0.4) is 0 Å². The number of pyridine rings is 1. The minimum absolute atomic E-state index is 0.0503. The van der Waals surface area contributed by atoms with Gasteiger partial charge in [0.2, 0.25) is 0 Å². The van der Waals surface area contributed by atoms with Crippen molar-refractivity contribution < 1.29 is 22.7 Å². The topological polar surface area (TPSA) is 133 Å². The van der Waals surface area contributed by atoms with Crippen LogP contribution in [0, 0.1) is 11.8 Å². The molecule has 0 radical (unpaired) electrons. The summed E-state index contributed by atoms with van der Waals surface area (Å²) < 4.78 is 37.3. The quantitative estimate of drug-likeness (QED) is 0.604. The first-order chi connectivity index (χ1) is 16.9. The van der Waals surface area contributed by atoms with E-state index in [9.17, 15) is 13.2 Å². The van der Waals surface area contributed by atoms with E-state index in [-0.39, 0.29) is 30.7 Å². The van der Waals surface area contributed by atoms with Gasteiger partial charge in [0.1, 0.15) is 33.3 Å². The molecule has 0 saturated heterocycles. The molecule has 0 unspecified atom stereocenters. The predicted octanol–water partition coefficient (Wildman–Crippen LogP) is 3.06. The van der Waals surface area contributed by atoms with E-state index in [4.69, 9.17) is 20.2 Å². The van der Waals surface area contributed by atoms with E-state index >= 15 is 0 Å². The second-order valence-electron chi connectivity index (χ2n) is 9.52. The molecule has 1 aromatic heterocycles. The van der Waals surface area contributed by atoms with Crippen molar-refractivity contribution in [2.24, 2.45) is 10.7 Å². The fourth-order valence-corrected chi connectivity index (χ4v) is 6.79. The number of carbonyl (C=O) groups is 1. The number of ether oxygens (including phenoxy) is 2. The number of benzene rings is 1. The van der Waals surface area contributed by atoms with Gasteiger partial charge in [0.15, 0.2) is 15.9 Å². The van der Waals surface area contributed by atoms with Crippen molar-refractivity contribution in [3.63, 3.8) is 0 Å². The van der Waals surface area contributed by atoms with E-state index in [1.165, 1.54) is 6.20 Å². The summed E-state index contributed by atoms with van der Waals surface area (Å²) in [6.45, 7) is 8.68. The van der Waals surface area contributed by atoms with E-state index in [1.54, 1.807) is 58.0 Å². The van der Waals surface area contributed by atoms with Gasteiger partial charge in [-0.15, -0.1) is 5.92 Å². The molecule has 10 heteroatoms. The van der Waals surface area contributed by atoms with Crippen LogP contribution in [0.25, 0.3) is 0 Å². The van der Waals surface area contributed by atoms with Gasteiger partial charge in [-0.05, 0) is 65.0 Å². The molecule has 0 fully saturated rings. The Morgan fingerprint density at radius 2 is 2.03 bits per heavy atom. The fraction of sp³-hybridized carbons (Fsp3) is 0.423. The SMILES string of the molecule is CC#C[C@@H](C)Oc1ccc(C(=O)Nc2ccc3c(c2)[C@@]2(C)N=C(N)C(C)(C)S(=O)(=O)[C@@H]2CCO3)nc1. The third-order valence-electron chi connectivity index (χ3n) is 6.73. The van der Waals surface area contributed by atoms with Gasteiger partial charge in [-0.2, -0.15) is 0 Å². The highest BCUT2D eigenvalue weighted by Crippen LogP contribution is 2.48. The van der Waals surface area contributed by atoms with Gasteiger partial charge in [-0.25, -0.2) is 13.4 Å². The lowest BCUT2D eigenvalue weighted by Gasteiger charge is -2.43. The van der Waals surface area contributed by atoms with Crippen molar-refractivity contribution in [2.75, 3.05) is 11.9 Å². The first kappa shape index (κ1) is 25.5. The highest BCUT2D eigenvalue weighted by Gasteiger charge is 2.57. The lowest BCUT2D eigenvalue weighted by molar-refractivity contribution is 0.102. The number of anilines is 1. The van der Waals surface area contributed by atoms with Crippen LogP contribution in [0.15, 0.2) is 41.5 Å². The van der Waals surface area contributed by atoms with Gasteiger partial charge in [-0.1, -0.05) is 5.92 Å². The third-order valence-corrected chi connectivity index (χ3v) is 9.81. The number of aliphatic imine (C=N–C) groups is 1. The molecule has 1 amide bonds. The van der Waals surface area contributed by atoms with Crippen molar-refractivity contribution in [1.29, 1.82) is 0 Å². The zero-order valence-electron chi connectivity index (χ0n) is 21.0. The normalized spacial score (nSPS) is 24.2. The van der Waals surface area contributed by atoms with Crippen molar-refractivity contribution in [2.45, 2.75) is 62.7 Å². The number of nitrogens with zero attached hydrogens (tertiary/aromatic N) is 2. The molecule has 36 heavy (non-hydrogen) atoms. The summed E-state index contributed by atoms with van der Waals surface area (Å²) in [5, 5.41) is 2.00. The van der Waals surface area contributed by atoms with Crippen LogP contribution in [0.4, 0.5) is 5.69 Å². The van der Waals surface area contributed by atoms with Gasteiger partial charge in [0.25, 0.3) is 5.91 Å². The number of fused-ring (bicyclic) bond motifs is 3. The monoisotopic (exact) mass is 510 g/mol. The van der Waals surface area contributed by atoms with Crippen molar-refractivity contribution in [3.05, 3.63) is 47.8 Å². The minimum atomic E-state index is -3.68. The Balaban J connectivity index is 1.64. The number of amidine groups is 1. The Morgan fingerprint density at radius 1 is 1.28 bits per heavy atom. The number of aromatic nitrogens is 1. The molecule has 0 spiro atoms. The third kappa shape index (κ3) is 4.28. The summed E-state index contributed by atoms with van der Waals surface area (Å²) in [5.41, 5.74) is 6.20. The van der Waals surface area contributed by atoms with E-state index in [0.29, 0.717) is 22.7 Å². The second-order valence-corrected chi connectivity index (χ2v) is 12.2. The second kappa shape index (κ2) is 9.13. The summed E-state index contributed by atoms with van der Waals surface area (Å²) >= 11 is 0. The Labute approximate surface area is 211 Å². The number of hydrogen-bond acceptors (Lipinski definition) is 8. The number of hydrogen-bond donors (Lipinski definition) is 2. The highest BCUT2D eigenvalue weighted by atomic mass is 32.2. The number of nitrogens with two attached hydrogens (primary N) is 1. The van der Waals surface area contributed by atoms with Crippen LogP contribution in [0.2, 0.25) is 0 Å². The van der Waals surface area contributed by atoms with Crippen LogP contribution in [0.1, 0.15) is 57.1 Å². The Bertz CT molecular complexity index is 1390. The van der Waals surface area contributed by atoms with Gasteiger partial charge < -0.3 is 20.5 Å². The summed E-state index contributed by atoms with van der Waals surface area (Å²) in [5.74, 6) is 6.30. The smallest absolute Gasteiger partial charge is 0.274 e. The number of carbonyl (C=O) groups excluding carboxylic acids is 1. The highest BCUT2D eigenvalue weighted by molar-refractivity contribution is 7.94. The Morgan fingerprint density at radius 3 is 2.69 bits per heavy atom. The van der Waals surface area contributed by atoms with E-state index in [2.05, 4.69) is 22.1 Å². The molecule has 2 aliphatic heterocycles. The van der Waals surface area contributed by atoms with E-state index in [0.717, 1.165) is 0 Å². The molecule has 0 saturated carbocycles. The standard InChI is InChI=1S/C26H30N4O5S/c1-6-7-16(2)35-18-9-10-20(28-15-18)23(31)29-17-8-11-21-19(14-17)26(5)22(12-13-34-21)36(32,33)25(3,4)24(27)30-26/h8-11,14-16,22H,12-13H2,1-5H3,(H2,27,30)(H,29,31)/t16-,22-,26-/m1/s1. The van der Waals surface area contributed by atoms with Gasteiger partial charge in [-0.3, -0.25) is 9.79 Å². The van der Waals surface area contributed by atoms with Crippen molar-refractivity contribution in [1.82, 2.24) is 4.98 Å². The molecular weight excluding hydrogens is 480 g/mol. The zero-order valence-corrected chi connectivity index (χ0v) is 21.8. The summed E-state index contributed by atoms with van der Waals surface area (Å²) in [6.07, 6.45) is 1.44. The van der Waals surface area contributed by atoms with Crippen LogP contribution in [-0.4, -0.2) is 47.9 Å². The fourth-order valence-electron chi connectivity index (χ4n) is 4.55. The Hall–Kier alpha value is -3.58. The van der Waals surface area contributed by atoms with Crippen LogP contribution in [-0.2, 0) is 15.4 Å². The van der Waals surface area contributed by atoms with Crippen LogP contribution in [0.5, 0.6) is 11.5 Å². The number of amides is 1. The zero-order chi connectivity index (χ0) is 26.3. The minimum Gasteiger partial charge on any atom is -0.493 e. The maximum Gasteiger partial charge on any atom is 0.274 e. The molecule has 190 valence electrons. The molecule has 3 heterocycles. The lowest BCUT2D eigenvalue weighted by Crippen LogP contribution is -2.59. The van der Waals surface area contributed by atoms with Crippen molar-refractivity contribution in [3.8, 4) is 23.3 Å². The molecule has 0 bridgehead atoms. The average molecular weight is 511 g/mol. The van der Waals surface area contributed by atoms with Crippen LogP contribution >= 0.6 is 0 Å². The van der Waals surface area contributed by atoms with Gasteiger partial charge in [0.05, 0.1) is 18.1 Å². The summed E-state index contributed by atoms with van der Waals surface area (Å²) in [7, 11) is -3.68. The molecule has 2 aliphatic rings. The maximum atomic E-state index is 13.5. The molecule has 0 aliphatic carbocycles. The first-order valence-corrected chi connectivity index (χ1v) is 13.2. The first-order valence-electron chi connectivity index (χ1n) is 11.6. The lowest BCUT2D eigenvalue weighted by atomic mass is 9.86. The molecule has 4 rings (SSSR count). The molecule has 3 atom stereocenters. The number of rotatable bonds is 4. The Kier molecular flexibility index (Phi) is 6.47. The molecule has 1 aromatic carbocycles. The maximum absolute atomic E-state index is 13.5. The van der Waals surface area contributed by atoms with E-state index in [1.807, 2.05) is 6.92 Å². The van der Waals surface area contributed by atoms with E-state index < -0.39 is 31.3 Å². The van der Waals surface area contributed by atoms with Gasteiger partial charge >= 0.3 is 0 Å². The molecule has 2 aromatic rings. The molecule has 9 nitrogen and oxygen atoms in total. The molecule has 3 N–H and O–H groups in total. The average Bonchev–Trinajstić information content (AvgIpc) is 2.95. The van der Waals surface area contributed by atoms with Gasteiger partial charge in [0, 0.05) is 17.7 Å². The van der Waals surface area contributed by atoms with Crippen LogP contribution < -0.4 is 20.5 Å². The predicted molar refractivity (Wildman–Crippen MR) is 138 cm³/mol. The molecular formula is C26H30N4O5S. The number of nitrogens with one attached hydrogen (secondary N) is 1. The largest absolute Gasteiger partial charge is 0.493 e. The summed E-state index contributed by atoms with van der Waals surface area (Å²) in [6, 6.07) is 8.30.